The molecule has 1 aliphatic rings. The Bertz CT molecular complexity index is 510. The molecule has 0 saturated heterocycles. The van der Waals surface area contributed by atoms with Gasteiger partial charge in [0.1, 0.15) is 5.82 Å². The van der Waals surface area contributed by atoms with E-state index in [1.807, 2.05) is 0 Å². The Balaban J connectivity index is 1.93. The van der Waals surface area contributed by atoms with E-state index < -0.39 is 23.1 Å². The number of halogens is 2. The molecule has 1 fully saturated rings. The fraction of sp³-hybridized carbons (Fsp3) is 0.500. The summed E-state index contributed by atoms with van der Waals surface area (Å²) in [5, 5.41) is 0. The van der Waals surface area contributed by atoms with Crippen LogP contribution >= 0.6 is 0 Å². The van der Waals surface area contributed by atoms with Gasteiger partial charge in [0.2, 0.25) is 5.91 Å². The molecule has 0 bridgehead atoms. The van der Waals surface area contributed by atoms with Gasteiger partial charge in [0.05, 0.1) is 12.1 Å². The Morgan fingerprint density at radius 2 is 2.20 bits per heavy atom. The summed E-state index contributed by atoms with van der Waals surface area (Å²) in [6, 6.07) is 3.03. The molecule has 2 unspecified atom stereocenters. The van der Waals surface area contributed by atoms with Crippen molar-refractivity contribution in [1.82, 2.24) is 0 Å². The third kappa shape index (κ3) is 2.90. The topological polar surface area (TPSA) is 78.3 Å². The van der Waals surface area contributed by atoms with Crippen molar-refractivity contribution in [2.75, 3.05) is 6.61 Å². The summed E-state index contributed by atoms with van der Waals surface area (Å²) in [5.41, 5.74) is 10.3. The number of benzene rings is 1. The van der Waals surface area contributed by atoms with Gasteiger partial charge in [-0.25, -0.2) is 8.78 Å². The molecule has 2 rings (SSSR count). The number of carbonyl (C=O) groups excluding carboxylic acids is 1. The van der Waals surface area contributed by atoms with Gasteiger partial charge in [0.25, 0.3) is 0 Å². The van der Waals surface area contributed by atoms with E-state index in [1.54, 1.807) is 0 Å². The smallest absolute Gasteiger partial charge is 0.237 e. The van der Waals surface area contributed by atoms with Crippen LogP contribution in [0.15, 0.2) is 18.2 Å². The number of rotatable bonds is 5. The van der Waals surface area contributed by atoms with Gasteiger partial charge in [-0.15, -0.1) is 0 Å². The van der Waals surface area contributed by atoms with Crippen LogP contribution in [0, 0.1) is 17.6 Å². The molecule has 20 heavy (non-hydrogen) atoms. The molecule has 1 amide bonds. The second-order valence-electron chi connectivity index (χ2n) is 5.21. The summed E-state index contributed by atoms with van der Waals surface area (Å²) >= 11 is 0. The van der Waals surface area contributed by atoms with Gasteiger partial charge in [0.15, 0.2) is 11.6 Å². The highest BCUT2D eigenvalue weighted by Crippen LogP contribution is 2.36. The van der Waals surface area contributed by atoms with Crippen LogP contribution in [0.1, 0.15) is 25.7 Å². The molecule has 1 aromatic carbocycles. The van der Waals surface area contributed by atoms with Crippen LogP contribution in [0.25, 0.3) is 0 Å². The van der Waals surface area contributed by atoms with Crippen LogP contribution in [0.4, 0.5) is 8.78 Å². The standard InChI is InChI=1S/C14H18F2N2O2/c15-10-3-4-11(16)12(8-10)20-7-5-9-2-1-6-14(9,18)13(17)19/h3-4,8-9H,1-2,5-7,18H2,(H2,17,19). The van der Waals surface area contributed by atoms with E-state index in [2.05, 4.69) is 0 Å². The number of ether oxygens (including phenoxy) is 1. The van der Waals surface area contributed by atoms with Crippen molar-refractivity contribution in [3.8, 4) is 5.75 Å². The van der Waals surface area contributed by atoms with Gasteiger partial charge in [-0.2, -0.15) is 0 Å². The largest absolute Gasteiger partial charge is 0.490 e. The van der Waals surface area contributed by atoms with Crippen LogP contribution < -0.4 is 16.2 Å². The van der Waals surface area contributed by atoms with E-state index in [4.69, 9.17) is 16.2 Å². The van der Waals surface area contributed by atoms with E-state index in [9.17, 15) is 13.6 Å². The van der Waals surface area contributed by atoms with Gasteiger partial charge >= 0.3 is 0 Å². The SMILES string of the molecule is NC(=O)C1(N)CCCC1CCOc1cc(F)ccc1F. The van der Waals surface area contributed by atoms with Gasteiger partial charge in [-0.3, -0.25) is 4.79 Å². The molecule has 0 spiro atoms. The lowest BCUT2D eigenvalue weighted by Gasteiger charge is -2.27. The van der Waals surface area contributed by atoms with E-state index in [0.717, 1.165) is 31.0 Å². The summed E-state index contributed by atoms with van der Waals surface area (Å²) in [6.45, 7) is 0.164. The number of hydrogen-bond acceptors (Lipinski definition) is 3. The molecule has 2 atom stereocenters. The van der Waals surface area contributed by atoms with Crippen molar-refractivity contribution in [1.29, 1.82) is 0 Å². The molecule has 4 nitrogen and oxygen atoms in total. The maximum atomic E-state index is 13.4. The lowest BCUT2D eigenvalue weighted by atomic mass is 9.85. The molecular formula is C14H18F2N2O2. The quantitative estimate of drug-likeness (QED) is 0.864. The van der Waals surface area contributed by atoms with Gasteiger partial charge in [0, 0.05) is 6.07 Å². The molecule has 0 aliphatic heterocycles. The molecule has 1 saturated carbocycles. The average molecular weight is 284 g/mol. The first-order valence-corrected chi connectivity index (χ1v) is 6.60. The predicted molar refractivity (Wildman–Crippen MR) is 69.9 cm³/mol. The Hall–Kier alpha value is -1.69. The first-order chi connectivity index (χ1) is 9.43. The zero-order chi connectivity index (χ0) is 14.8. The number of nitrogens with two attached hydrogens (primary N) is 2. The van der Waals surface area contributed by atoms with Crippen molar-refractivity contribution < 1.29 is 18.3 Å². The van der Waals surface area contributed by atoms with Gasteiger partial charge in [-0.05, 0) is 37.3 Å². The first kappa shape index (κ1) is 14.7. The highest BCUT2D eigenvalue weighted by Gasteiger charge is 2.43. The third-order valence-electron chi connectivity index (χ3n) is 3.95. The monoisotopic (exact) mass is 284 g/mol. The van der Waals surface area contributed by atoms with Crippen LogP contribution in [-0.4, -0.2) is 18.1 Å². The molecule has 0 aromatic heterocycles. The van der Waals surface area contributed by atoms with E-state index in [-0.39, 0.29) is 18.3 Å². The molecular weight excluding hydrogens is 266 g/mol. The number of hydrogen-bond donors (Lipinski definition) is 2. The number of amides is 1. The second-order valence-corrected chi connectivity index (χ2v) is 5.21. The zero-order valence-corrected chi connectivity index (χ0v) is 11.1. The van der Waals surface area contributed by atoms with Crippen molar-refractivity contribution >= 4 is 5.91 Å². The van der Waals surface area contributed by atoms with Gasteiger partial charge in [-0.1, -0.05) is 6.42 Å². The lowest BCUT2D eigenvalue weighted by molar-refractivity contribution is -0.124. The normalized spacial score (nSPS) is 25.6. The summed E-state index contributed by atoms with van der Waals surface area (Å²) < 4.78 is 31.6. The molecule has 0 heterocycles. The number of carbonyl (C=O) groups is 1. The minimum Gasteiger partial charge on any atom is -0.490 e. The first-order valence-electron chi connectivity index (χ1n) is 6.60. The minimum absolute atomic E-state index is 0.0865. The zero-order valence-electron chi connectivity index (χ0n) is 11.1. The Morgan fingerprint density at radius 1 is 1.45 bits per heavy atom. The maximum absolute atomic E-state index is 13.4. The van der Waals surface area contributed by atoms with Crippen LogP contribution in [-0.2, 0) is 4.79 Å². The van der Waals surface area contributed by atoms with Crippen LogP contribution in [0.5, 0.6) is 5.75 Å². The average Bonchev–Trinajstić information content (AvgIpc) is 2.77. The second kappa shape index (κ2) is 5.75. The molecule has 110 valence electrons. The fourth-order valence-electron chi connectivity index (χ4n) is 2.73. The van der Waals surface area contributed by atoms with Crippen LogP contribution in [0.2, 0.25) is 0 Å². The molecule has 6 heteroatoms. The number of primary amides is 1. The van der Waals surface area contributed by atoms with Crippen molar-refractivity contribution in [2.45, 2.75) is 31.2 Å². The Kier molecular flexibility index (Phi) is 4.23. The van der Waals surface area contributed by atoms with E-state index in [0.29, 0.717) is 12.8 Å². The minimum atomic E-state index is -1.01. The lowest BCUT2D eigenvalue weighted by Crippen LogP contribution is -2.54. The summed E-state index contributed by atoms with van der Waals surface area (Å²) in [4.78, 5) is 11.4. The highest BCUT2D eigenvalue weighted by molar-refractivity contribution is 5.85. The van der Waals surface area contributed by atoms with Gasteiger partial charge < -0.3 is 16.2 Å². The van der Waals surface area contributed by atoms with Crippen molar-refractivity contribution in [2.24, 2.45) is 17.4 Å². The van der Waals surface area contributed by atoms with E-state index in [1.165, 1.54) is 0 Å². The van der Waals surface area contributed by atoms with Crippen LogP contribution in [0.3, 0.4) is 0 Å². The fourth-order valence-corrected chi connectivity index (χ4v) is 2.73. The highest BCUT2D eigenvalue weighted by atomic mass is 19.1. The van der Waals surface area contributed by atoms with E-state index >= 15 is 0 Å². The van der Waals surface area contributed by atoms with Crippen molar-refractivity contribution in [3.63, 3.8) is 0 Å². The molecule has 1 aromatic rings. The Labute approximate surface area is 116 Å². The Morgan fingerprint density at radius 3 is 2.90 bits per heavy atom. The maximum Gasteiger partial charge on any atom is 0.237 e. The van der Waals surface area contributed by atoms with Crippen molar-refractivity contribution in [3.05, 3.63) is 29.8 Å². The molecule has 1 aliphatic carbocycles. The summed E-state index contributed by atoms with van der Waals surface area (Å²) in [5.74, 6) is -1.92. The molecule has 4 N–H and O–H groups in total. The third-order valence-corrected chi connectivity index (χ3v) is 3.95. The summed E-state index contributed by atoms with van der Waals surface area (Å²) in [7, 11) is 0. The summed E-state index contributed by atoms with van der Waals surface area (Å²) in [6.07, 6.45) is 2.66. The molecule has 0 radical (unpaired) electrons. The predicted octanol–water partition coefficient (Wildman–Crippen LogP) is 1.72.